The molecule has 0 amide bonds. The van der Waals surface area contributed by atoms with Crippen molar-refractivity contribution in [1.29, 1.82) is 0 Å². The molecule has 0 unspecified atom stereocenters. The molecule has 0 bridgehead atoms. The van der Waals surface area contributed by atoms with Crippen molar-refractivity contribution in [2.75, 3.05) is 12.8 Å². The van der Waals surface area contributed by atoms with Gasteiger partial charge in [-0.3, -0.25) is 0 Å². The first kappa shape index (κ1) is 13.2. The lowest BCUT2D eigenvalue weighted by Crippen LogP contribution is -2.05. The molecule has 0 saturated carbocycles. The molecule has 2 aromatic carbocycles. The van der Waals surface area contributed by atoms with E-state index in [0.717, 1.165) is 0 Å². The smallest absolute Gasteiger partial charge is 0.185 e. The lowest BCUT2D eigenvalue weighted by atomic mass is 10.0. The normalized spacial score (nSPS) is 10.6. The topological polar surface area (TPSA) is 35.2 Å². The average molecular weight is 271 g/mol. The Morgan fingerprint density at radius 2 is 1.32 bits per heavy atom. The fraction of sp³-hybridized carbons (Fsp3) is 0.0769. The van der Waals surface area contributed by atoms with Crippen molar-refractivity contribution < 1.29 is 22.3 Å². The first-order chi connectivity index (χ1) is 8.97. The first-order valence-electron chi connectivity index (χ1n) is 5.23. The maximum atomic E-state index is 13.7. The molecule has 0 heterocycles. The molecule has 0 aliphatic heterocycles. The second-order valence-corrected chi connectivity index (χ2v) is 3.77. The monoisotopic (exact) mass is 271 g/mol. The summed E-state index contributed by atoms with van der Waals surface area (Å²) in [6.07, 6.45) is 0. The molecular formula is C13H9F4NO. The summed E-state index contributed by atoms with van der Waals surface area (Å²) >= 11 is 0. The van der Waals surface area contributed by atoms with E-state index in [4.69, 9.17) is 10.5 Å². The molecule has 100 valence electrons. The van der Waals surface area contributed by atoms with Crippen molar-refractivity contribution in [2.45, 2.75) is 0 Å². The van der Waals surface area contributed by atoms with Gasteiger partial charge < -0.3 is 10.5 Å². The van der Waals surface area contributed by atoms with Gasteiger partial charge in [0.25, 0.3) is 0 Å². The number of nitrogens with two attached hydrogens (primary N) is 1. The maximum absolute atomic E-state index is 13.7. The molecule has 0 aromatic heterocycles. The molecule has 0 spiro atoms. The van der Waals surface area contributed by atoms with E-state index in [1.807, 2.05) is 0 Å². The highest BCUT2D eigenvalue weighted by atomic mass is 19.2. The van der Waals surface area contributed by atoms with Crippen LogP contribution in [0.25, 0.3) is 11.1 Å². The highest BCUT2D eigenvalue weighted by molar-refractivity contribution is 5.68. The minimum atomic E-state index is -1.61. The zero-order chi connectivity index (χ0) is 14.2. The molecule has 2 aromatic rings. The van der Waals surface area contributed by atoms with Gasteiger partial charge in [0.2, 0.25) is 0 Å². The Morgan fingerprint density at radius 3 is 1.74 bits per heavy atom. The van der Waals surface area contributed by atoms with Crippen molar-refractivity contribution in [3.05, 3.63) is 47.5 Å². The molecule has 2 N–H and O–H groups in total. The van der Waals surface area contributed by atoms with Gasteiger partial charge in [-0.25, -0.2) is 17.6 Å². The number of methoxy groups -OCH3 is 1. The van der Waals surface area contributed by atoms with Crippen LogP contribution >= 0.6 is 0 Å². The predicted molar refractivity (Wildman–Crippen MR) is 62.7 cm³/mol. The van der Waals surface area contributed by atoms with E-state index in [-0.39, 0.29) is 5.56 Å². The van der Waals surface area contributed by atoms with E-state index >= 15 is 0 Å². The molecule has 0 saturated heterocycles. The van der Waals surface area contributed by atoms with Gasteiger partial charge in [-0.15, -0.1) is 0 Å². The average Bonchev–Trinajstić information content (AvgIpc) is 2.44. The van der Waals surface area contributed by atoms with Crippen LogP contribution in [0.5, 0.6) is 5.75 Å². The quantitative estimate of drug-likeness (QED) is 0.515. The van der Waals surface area contributed by atoms with Gasteiger partial charge in [-0.05, 0) is 17.7 Å². The van der Waals surface area contributed by atoms with E-state index in [1.54, 1.807) is 0 Å². The molecule has 19 heavy (non-hydrogen) atoms. The van der Waals surface area contributed by atoms with Gasteiger partial charge in [-0.2, -0.15) is 0 Å². The lowest BCUT2D eigenvalue weighted by molar-refractivity contribution is 0.415. The fourth-order valence-corrected chi connectivity index (χ4v) is 1.66. The standard InChI is InChI=1S/C13H9F4NO/c1-19-7-4-2-6(3-5-7)8-9(14)11(16)13(18)12(17)10(8)15/h2-5H,18H2,1H3. The number of hydrogen-bond acceptors (Lipinski definition) is 2. The summed E-state index contributed by atoms with van der Waals surface area (Å²) in [5.41, 5.74) is 2.93. The van der Waals surface area contributed by atoms with Crippen molar-refractivity contribution in [3.8, 4) is 16.9 Å². The van der Waals surface area contributed by atoms with Crippen molar-refractivity contribution in [3.63, 3.8) is 0 Å². The molecule has 0 aliphatic carbocycles. The van der Waals surface area contributed by atoms with Crippen molar-refractivity contribution in [2.24, 2.45) is 0 Å². The van der Waals surface area contributed by atoms with Crippen LogP contribution in [-0.2, 0) is 0 Å². The van der Waals surface area contributed by atoms with Crippen LogP contribution in [0, 0.1) is 23.3 Å². The predicted octanol–water partition coefficient (Wildman–Crippen LogP) is 3.50. The van der Waals surface area contributed by atoms with Crippen LogP contribution < -0.4 is 10.5 Å². The zero-order valence-corrected chi connectivity index (χ0v) is 9.81. The van der Waals surface area contributed by atoms with Gasteiger partial charge in [-0.1, -0.05) is 12.1 Å². The molecule has 0 atom stereocenters. The maximum Gasteiger partial charge on any atom is 0.185 e. The molecule has 2 nitrogen and oxygen atoms in total. The summed E-state index contributed by atoms with van der Waals surface area (Å²) in [7, 11) is 1.42. The van der Waals surface area contributed by atoms with Crippen LogP contribution in [0.15, 0.2) is 24.3 Å². The summed E-state index contributed by atoms with van der Waals surface area (Å²) in [4.78, 5) is 0. The Labute approximate surface area is 106 Å². The highest BCUT2D eigenvalue weighted by Gasteiger charge is 2.24. The Bertz CT molecular complexity index is 597. The Hall–Kier alpha value is -2.24. The van der Waals surface area contributed by atoms with E-state index < -0.39 is 34.5 Å². The number of nitrogen functional groups attached to an aromatic ring is 1. The zero-order valence-electron chi connectivity index (χ0n) is 9.81. The van der Waals surface area contributed by atoms with E-state index in [0.29, 0.717) is 5.75 Å². The lowest BCUT2D eigenvalue weighted by Gasteiger charge is -2.10. The van der Waals surface area contributed by atoms with Crippen LogP contribution in [0.4, 0.5) is 23.2 Å². The van der Waals surface area contributed by atoms with Crippen molar-refractivity contribution in [1.82, 2.24) is 0 Å². The highest BCUT2D eigenvalue weighted by Crippen LogP contribution is 2.33. The van der Waals surface area contributed by atoms with Crippen LogP contribution in [0.1, 0.15) is 0 Å². The summed E-state index contributed by atoms with van der Waals surface area (Å²) in [6.45, 7) is 0. The van der Waals surface area contributed by atoms with Crippen LogP contribution in [0.3, 0.4) is 0 Å². The molecule has 6 heteroatoms. The van der Waals surface area contributed by atoms with Gasteiger partial charge in [0.15, 0.2) is 23.3 Å². The number of rotatable bonds is 2. The minimum absolute atomic E-state index is 0.0198. The van der Waals surface area contributed by atoms with Crippen molar-refractivity contribution >= 4 is 5.69 Å². The largest absolute Gasteiger partial charge is 0.497 e. The second kappa shape index (κ2) is 4.79. The summed E-state index contributed by atoms with van der Waals surface area (Å²) < 4.78 is 58.9. The molecule has 0 radical (unpaired) electrons. The third kappa shape index (κ3) is 2.09. The molecule has 2 rings (SSSR count). The Morgan fingerprint density at radius 1 is 0.842 bits per heavy atom. The summed E-state index contributed by atoms with van der Waals surface area (Å²) in [5, 5.41) is 0. The van der Waals surface area contributed by atoms with Gasteiger partial charge in [0, 0.05) is 0 Å². The molecular weight excluding hydrogens is 262 g/mol. The van der Waals surface area contributed by atoms with E-state index in [2.05, 4.69) is 0 Å². The number of benzene rings is 2. The van der Waals surface area contributed by atoms with Gasteiger partial charge >= 0.3 is 0 Å². The SMILES string of the molecule is COc1ccc(-c2c(F)c(F)c(N)c(F)c2F)cc1. The first-order valence-corrected chi connectivity index (χ1v) is 5.23. The summed E-state index contributed by atoms with van der Waals surface area (Å²) in [6, 6.07) is 5.41. The summed E-state index contributed by atoms with van der Waals surface area (Å²) in [5.74, 6) is -5.82. The third-order valence-electron chi connectivity index (χ3n) is 2.68. The Balaban J connectivity index is 2.67. The molecule has 0 fully saturated rings. The van der Waals surface area contributed by atoms with Gasteiger partial charge in [0.1, 0.15) is 11.4 Å². The second-order valence-electron chi connectivity index (χ2n) is 3.77. The fourth-order valence-electron chi connectivity index (χ4n) is 1.66. The third-order valence-corrected chi connectivity index (χ3v) is 2.68. The minimum Gasteiger partial charge on any atom is -0.497 e. The number of hydrogen-bond donors (Lipinski definition) is 1. The molecule has 0 aliphatic rings. The van der Waals surface area contributed by atoms with E-state index in [1.165, 1.54) is 31.4 Å². The number of ether oxygens (including phenoxy) is 1. The Kier molecular flexibility index (Phi) is 3.33. The van der Waals surface area contributed by atoms with Crippen LogP contribution in [-0.4, -0.2) is 7.11 Å². The van der Waals surface area contributed by atoms with Gasteiger partial charge in [0.05, 0.1) is 12.7 Å². The number of anilines is 1. The van der Waals surface area contributed by atoms with Crippen LogP contribution in [0.2, 0.25) is 0 Å². The van der Waals surface area contributed by atoms with E-state index in [9.17, 15) is 17.6 Å². The number of halogens is 4.